The van der Waals surface area contributed by atoms with E-state index in [4.69, 9.17) is 14.5 Å². The molecule has 0 spiro atoms. The first-order chi connectivity index (χ1) is 18.4. The Bertz CT molecular complexity index is 1430. The SMILES string of the molecule is C=CC(=O)N1CCCCC(n2c(NC(=O)c3ccnc(C)c3)nc3cc(NC(C)=O)c4c(c32)OCCO4)C1. The molecular formula is C27H30N6O5. The summed E-state index contributed by atoms with van der Waals surface area (Å²) in [5, 5.41) is 5.76. The quantitative estimate of drug-likeness (QED) is 0.495. The van der Waals surface area contributed by atoms with Gasteiger partial charge in [0.2, 0.25) is 17.8 Å². The number of nitrogens with one attached hydrogen (secondary N) is 2. The molecule has 38 heavy (non-hydrogen) atoms. The smallest absolute Gasteiger partial charge is 0.258 e. The number of likely N-dealkylation sites (tertiary alicyclic amines) is 1. The van der Waals surface area contributed by atoms with E-state index in [1.807, 2.05) is 11.5 Å². The van der Waals surface area contributed by atoms with Gasteiger partial charge in [0.15, 0.2) is 11.5 Å². The fourth-order valence-electron chi connectivity index (χ4n) is 5.02. The molecule has 0 radical (unpaired) electrons. The molecule has 4 heterocycles. The van der Waals surface area contributed by atoms with Crippen molar-refractivity contribution in [1.29, 1.82) is 0 Å². The molecule has 2 aliphatic heterocycles. The number of hydrogen-bond acceptors (Lipinski definition) is 7. The average Bonchev–Trinajstić information content (AvgIpc) is 3.08. The second kappa shape index (κ2) is 10.5. The second-order valence-corrected chi connectivity index (χ2v) is 9.41. The fourth-order valence-corrected chi connectivity index (χ4v) is 5.02. The van der Waals surface area contributed by atoms with E-state index in [-0.39, 0.29) is 23.8 Å². The van der Waals surface area contributed by atoms with Crippen molar-refractivity contribution < 1.29 is 23.9 Å². The van der Waals surface area contributed by atoms with Crippen molar-refractivity contribution in [2.24, 2.45) is 0 Å². The minimum absolute atomic E-state index is 0.145. The number of fused-ring (bicyclic) bond motifs is 3. The highest BCUT2D eigenvalue weighted by atomic mass is 16.6. The summed E-state index contributed by atoms with van der Waals surface area (Å²) in [5.74, 6) is 0.422. The first-order valence-electron chi connectivity index (χ1n) is 12.6. The maximum absolute atomic E-state index is 13.3. The van der Waals surface area contributed by atoms with Crippen LogP contribution in [0, 0.1) is 6.92 Å². The van der Waals surface area contributed by atoms with E-state index in [1.165, 1.54) is 13.0 Å². The van der Waals surface area contributed by atoms with Gasteiger partial charge in [0.1, 0.15) is 18.7 Å². The molecule has 3 aromatic rings. The zero-order chi connectivity index (χ0) is 26.8. The summed E-state index contributed by atoms with van der Waals surface area (Å²) in [6.07, 6.45) is 5.39. The van der Waals surface area contributed by atoms with E-state index < -0.39 is 0 Å². The van der Waals surface area contributed by atoms with Crippen molar-refractivity contribution in [2.75, 3.05) is 36.9 Å². The molecule has 11 heteroatoms. The predicted octanol–water partition coefficient (Wildman–Crippen LogP) is 3.46. The van der Waals surface area contributed by atoms with E-state index in [9.17, 15) is 14.4 Å². The molecule has 1 saturated heterocycles. The van der Waals surface area contributed by atoms with Crippen molar-refractivity contribution in [3.8, 4) is 11.5 Å². The molecule has 2 N–H and O–H groups in total. The minimum atomic E-state index is -0.340. The summed E-state index contributed by atoms with van der Waals surface area (Å²) in [5.41, 5.74) is 2.75. The van der Waals surface area contributed by atoms with Crippen LogP contribution >= 0.6 is 0 Å². The van der Waals surface area contributed by atoms with E-state index in [0.29, 0.717) is 71.7 Å². The van der Waals surface area contributed by atoms with Crippen LogP contribution in [0.4, 0.5) is 11.6 Å². The summed E-state index contributed by atoms with van der Waals surface area (Å²) < 4.78 is 13.9. The highest BCUT2D eigenvalue weighted by Gasteiger charge is 2.31. The van der Waals surface area contributed by atoms with Gasteiger partial charge < -0.3 is 24.3 Å². The standard InChI is InChI=1S/C27H30N6O5/c1-4-22(35)32-10-6-5-7-19(15-32)33-23-20(14-21(29-17(3)34)24-25(23)38-12-11-37-24)30-27(33)31-26(36)18-8-9-28-16(2)13-18/h4,8-9,13-14,19H,1,5-7,10-12,15H2,2-3H3,(H,29,34)(H,30,31,36). The Labute approximate surface area is 219 Å². The van der Waals surface area contributed by atoms with Crippen LogP contribution in [0.5, 0.6) is 11.5 Å². The lowest BCUT2D eigenvalue weighted by atomic mass is 10.1. The maximum Gasteiger partial charge on any atom is 0.258 e. The predicted molar refractivity (Wildman–Crippen MR) is 142 cm³/mol. The third kappa shape index (κ3) is 4.91. The Balaban J connectivity index is 1.67. The van der Waals surface area contributed by atoms with Crippen LogP contribution < -0.4 is 20.1 Å². The number of aromatic nitrogens is 3. The zero-order valence-corrected chi connectivity index (χ0v) is 21.5. The third-order valence-electron chi connectivity index (χ3n) is 6.65. The van der Waals surface area contributed by atoms with Crippen LogP contribution in [0.15, 0.2) is 37.1 Å². The topological polar surface area (TPSA) is 128 Å². The molecule has 3 amide bonds. The highest BCUT2D eigenvalue weighted by molar-refractivity contribution is 6.05. The van der Waals surface area contributed by atoms with Crippen LogP contribution in [0.2, 0.25) is 0 Å². The van der Waals surface area contributed by atoms with E-state index >= 15 is 0 Å². The number of rotatable bonds is 5. The molecule has 0 aliphatic carbocycles. The number of pyridine rings is 1. The van der Waals surface area contributed by atoms with Crippen LogP contribution in [-0.2, 0) is 9.59 Å². The molecule has 2 aliphatic rings. The number of ether oxygens (including phenoxy) is 2. The van der Waals surface area contributed by atoms with Crippen LogP contribution in [0.3, 0.4) is 0 Å². The lowest BCUT2D eigenvalue weighted by molar-refractivity contribution is -0.126. The summed E-state index contributed by atoms with van der Waals surface area (Å²) >= 11 is 0. The molecule has 5 rings (SSSR count). The first-order valence-corrected chi connectivity index (χ1v) is 12.6. The number of carbonyl (C=O) groups excluding carboxylic acids is 3. The Morgan fingerprint density at radius 3 is 2.66 bits per heavy atom. The molecule has 1 fully saturated rings. The summed E-state index contributed by atoms with van der Waals surface area (Å²) in [6, 6.07) is 4.85. The lowest BCUT2D eigenvalue weighted by Gasteiger charge is -2.28. The van der Waals surface area contributed by atoms with Gasteiger partial charge in [-0.2, -0.15) is 0 Å². The molecule has 0 bridgehead atoms. The Morgan fingerprint density at radius 2 is 1.92 bits per heavy atom. The van der Waals surface area contributed by atoms with Gasteiger partial charge >= 0.3 is 0 Å². The van der Waals surface area contributed by atoms with Crippen molar-refractivity contribution in [3.05, 3.63) is 48.3 Å². The maximum atomic E-state index is 13.3. The number of hydrogen-bond donors (Lipinski definition) is 2. The van der Waals surface area contributed by atoms with Gasteiger partial charge in [0, 0.05) is 37.5 Å². The third-order valence-corrected chi connectivity index (χ3v) is 6.65. The number of imidazole rings is 1. The molecule has 1 unspecified atom stereocenters. The Hall–Kier alpha value is -4.41. The monoisotopic (exact) mass is 518 g/mol. The van der Waals surface area contributed by atoms with Crippen LogP contribution in [0.1, 0.15) is 48.3 Å². The van der Waals surface area contributed by atoms with Gasteiger partial charge in [0.05, 0.1) is 17.2 Å². The zero-order valence-electron chi connectivity index (χ0n) is 21.5. The summed E-state index contributed by atoms with van der Waals surface area (Å²) in [7, 11) is 0. The largest absolute Gasteiger partial charge is 0.484 e. The van der Waals surface area contributed by atoms with Crippen molar-refractivity contribution in [1.82, 2.24) is 19.4 Å². The number of amides is 3. The van der Waals surface area contributed by atoms with E-state index in [0.717, 1.165) is 19.3 Å². The van der Waals surface area contributed by atoms with Crippen molar-refractivity contribution in [3.63, 3.8) is 0 Å². The number of anilines is 2. The van der Waals surface area contributed by atoms with E-state index in [1.54, 1.807) is 29.3 Å². The van der Waals surface area contributed by atoms with Gasteiger partial charge in [-0.3, -0.25) is 24.7 Å². The average molecular weight is 519 g/mol. The lowest BCUT2D eigenvalue weighted by Crippen LogP contribution is -2.34. The van der Waals surface area contributed by atoms with Gasteiger partial charge in [-0.15, -0.1) is 0 Å². The van der Waals surface area contributed by atoms with Crippen LogP contribution in [-0.4, -0.2) is 63.5 Å². The molecule has 198 valence electrons. The Kier molecular flexibility index (Phi) is 6.99. The summed E-state index contributed by atoms with van der Waals surface area (Å²) in [6.45, 7) is 8.56. The molecule has 1 atom stereocenters. The van der Waals surface area contributed by atoms with Crippen molar-refractivity contribution in [2.45, 2.75) is 39.2 Å². The number of benzene rings is 1. The molecule has 0 saturated carbocycles. The molecule has 2 aromatic heterocycles. The van der Waals surface area contributed by atoms with Crippen LogP contribution in [0.25, 0.3) is 11.0 Å². The first kappa shape index (κ1) is 25.2. The molecule has 11 nitrogen and oxygen atoms in total. The normalized spacial score (nSPS) is 17.0. The minimum Gasteiger partial charge on any atom is -0.484 e. The van der Waals surface area contributed by atoms with Gasteiger partial charge in [-0.1, -0.05) is 6.58 Å². The molecular weight excluding hydrogens is 488 g/mol. The van der Waals surface area contributed by atoms with Crippen molar-refractivity contribution >= 4 is 40.4 Å². The van der Waals surface area contributed by atoms with E-state index in [2.05, 4.69) is 22.2 Å². The summed E-state index contributed by atoms with van der Waals surface area (Å²) in [4.78, 5) is 48.5. The fraction of sp³-hybridized carbons (Fsp3) is 0.370. The van der Waals surface area contributed by atoms with Gasteiger partial charge in [0.25, 0.3) is 5.91 Å². The van der Waals surface area contributed by atoms with Gasteiger partial charge in [-0.25, -0.2) is 4.98 Å². The number of aryl methyl sites for hydroxylation is 1. The highest BCUT2D eigenvalue weighted by Crippen LogP contribution is 2.46. The Morgan fingerprint density at radius 1 is 1.13 bits per heavy atom. The number of nitrogens with zero attached hydrogens (tertiary/aromatic N) is 4. The molecule has 1 aromatic carbocycles. The number of carbonyl (C=O) groups is 3. The second-order valence-electron chi connectivity index (χ2n) is 9.41. The van der Waals surface area contributed by atoms with Gasteiger partial charge in [-0.05, 0) is 50.5 Å².